The van der Waals surface area contributed by atoms with Crippen LogP contribution in [0, 0.1) is 0 Å². The first kappa shape index (κ1) is 12.4. The first-order valence-electron chi connectivity index (χ1n) is 5.98. The molecule has 2 aliphatic rings. The Bertz CT molecular complexity index is 337. The maximum Gasteiger partial charge on any atom is 0.410 e. The average molecular weight is 241 g/mol. The van der Waals surface area contributed by atoms with Crippen molar-refractivity contribution in [3.05, 3.63) is 0 Å². The Morgan fingerprint density at radius 1 is 1.35 bits per heavy atom. The molecule has 2 aliphatic heterocycles. The molecule has 0 unspecified atom stereocenters. The molecule has 5 nitrogen and oxygen atoms in total. The standard InChI is InChI=1S/C12H19NO4/c1-11(2,3)17-10(15)13-6-4-12(5-7-13)9(14)8-16-12/h4-8H2,1-3H3. The number of ether oxygens (including phenoxy) is 2. The molecule has 96 valence electrons. The molecule has 0 aromatic rings. The van der Waals surface area contributed by atoms with Crippen LogP contribution in [0.4, 0.5) is 4.79 Å². The van der Waals surface area contributed by atoms with Crippen LogP contribution in [0.3, 0.4) is 0 Å². The summed E-state index contributed by atoms with van der Waals surface area (Å²) in [6.45, 7) is 6.81. The number of hydrogen-bond donors (Lipinski definition) is 0. The van der Waals surface area contributed by atoms with Gasteiger partial charge in [0.05, 0.1) is 0 Å². The number of amides is 1. The first-order valence-corrected chi connectivity index (χ1v) is 5.98. The highest BCUT2D eigenvalue weighted by Gasteiger charge is 2.50. The highest BCUT2D eigenvalue weighted by Crippen LogP contribution is 2.34. The van der Waals surface area contributed by atoms with Crippen LogP contribution in [0.2, 0.25) is 0 Å². The molecule has 0 aromatic carbocycles. The molecule has 0 N–H and O–H groups in total. The second-order valence-electron chi connectivity index (χ2n) is 5.67. The van der Waals surface area contributed by atoms with Crippen molar-refractivity contribution < 1.29 is 19.1 Å². The van der Waals surface area contributed by atoms with Crippen LogP contribution in [0.1, 0.15) is 33.6 Å². The van der Waals surface area contributed by atoms with Crippen LogP contribution >= 0.6 is 0 Å². The Labute approximate surface area is 101 Å². The second kappa shape index (κ2) is 3.98. The molecule has 2 saturated heterocycles. The lowest BCUT2D eigenvalue weighted by Gasteiger charge is -2.45. The summed E-state index contributed by atoms with van der Waals surface area (Å²) < 4.78 is 10.7. The smallest absolute Gasteiger partial charge is 0.410 e. The van der Waals surface area contributed by atoms with Crippen LogP contribution in [-0.2, 0) is 14.3 Å². The zero-order valence-electron chi connectivity index (χ0n) is 10.6. The van der Waals surface area contributed by atoms with Crippen LogP contribution in [0.15, 0.2) is 0 Å². The lowest BCUT2D eigenvalue weighted by molar-refractivity contribution is -0.187. The molecule has 1 spiro atoms. The van der Waals surface area contributed by atoms with Gasteiger partial charge < -0.3 is 14.4 Å². The maximum atomic E-state index is 11.8. The molecular weight excluding hydrogens is 222 g/mol. The Morgan fingerprint density at radius 2 is 1.94 bits per heavy atom. The van der Waals surface area contributed by atoms with Crippen molar-refractivity contribution in [2.45, 2.75) is 44.8 Å². The quantitative estimate of drug-likeness (QED) is 0.642. The van der Waals surface area contributed by atoms with Crippen LogP contribution in [0.25, 0.3) is 0 Å². The van der Waals surface area contributed by atoms with E-state index in [1.54, 1.807) is 4.90 Å². The molecule has 0 saturated carbocycles. The average Bonchev–Trinajstić information content (AvgIpc) is 2.25. The summed E-state index contributed by atoms with van der Waals surface area (Å²) in [7, 11) is 0. The van der Waals surface area contributed by atoms with E-state index in [1.165, 1.54) is 0 Å². The Balaban J connectivity index is 1.87. The highest BCUT2D eigenvalue weighted by atomic mass is 16.6. The van der Waals surface area contributed by atoms with Gasteiger partial charge in [-0.25, -0.2) is 4.79 Å². The van der Waals surface area contributed by atoms with Gasteiger partial charge in [0.25, 0.3) is 0 Å². The number of carbonyl (C=O) groups excluding carboxylic acids is 2. The van der Waals surface area contributed by atoms with E-state index in [4.69, 9.17) is 9.47 Å². The van der Waals surface area contributed by atoms with Gasteiger partial charge in [-0.3, -0.25) is 4.79 Å². The minimum Gasteiger partial charge on any atom is -0.444 e. The third-order valence-corrected chi connectivity index (χ3v) is 3.21. The number of ketones is 1. The molecule has 2 rings (SSSR count). The molecule has 0 aliphatic carbocycles. The van der Waals surface area contributed by atoms with E-state index < -0.39 is 11.2 Å². The van der Waals surface area contributed by atoms with Gasteiger partial charge in [-0.1, -0.05) is 0 Å². The predicted octanol–water partition coefficient (Wildman–Crippen LogP) is 1.36. The normalized spacial score (nSPS) is 23.5. The van der Waals surface area contributed by atoms with Gasteiger partial charge in [-0.2, -0.15) is 0 Å². The lowest BCUT2D eigenvalue weighted by atomic mass is 9.83. The summed E-state index contributed by atoms with van der Waals surface area (Å²) >= 11 is 0. The van der Waals surface area contributed by atoms with E-state index in [2.05, 4.69) is 0 Å². The summed E-state index contributed by atoms with van der Waals surface area (Å²) in [5, 5.41) is 0. The SMILES string of the molecule is CC(C)(C)OC(=O)N1CCC2(CC1)OCC2=O. The molecule has 17 heavy (non-hydrogen) atoms. The molecule has 0 aromatic heterocycles. The summed E-state index contributed by atoms with van der Waals surface area (Å²) in [6, 6.07) is 0. The van der Waals surface area contributed by atoms with Crippen LogP contribution in [-0.4, -0.2) is 47.7 Å². The van der Waals surface area contributed by atoms with Crippen molar-refractivity contribution in [1.82, 2.24) is 4.90 Å². The van der Waals surface area contributed by atoms with Gasteiger partial charge in [0.1, 0.15) is 17.8 Å². The van der Waals surface area contributed by atoms with Crippen molar-refractivity contribution in [3.8, 4) is 0 Å². The van der Waals surface area contributed by atoms with Gasteiger partial charge in [0.2, 0.25) is 0 Å². The van der Waals surface area contributed by atoms with E-state index in [0.29, 0.717) is 25.9 Å². The minimum atomic E-state index is -0.585. The summed E-state index contributed by atoms with van der Waals surface area (Å²) in [4.78, 5) is 24.9. The van der Waals surface area contributed by atoms with Gasteiger partial charge in [-0.15, -0.1) is 0 Å². The van der Waals surface area contributed by atoms with E-state index in [0.717, 1.165) is 0 Å². The topological polar surface area (TPSA) is 55.8 Å². The van der Waals surface area contributed by atoms with Crippen molar-refractivity contribution >= 4 is 11.9 Å². The maximum absolute atomic E-state index is 11.8. The first-order chi connectivity index (χ1) is 7.82. The molecule has 0 atom stereocenters. The number of carbonyl (C=O) groups is 2. The molecule has 0 radical (unpaired) electrons. The number of hydrogen-bond acceptors (Lipinski definition) is 4. The highest BCUT2D eigenvalue weighted by molar-refractivity contribution is 5.93. The van der Waals surface area contributed by atoms with Crippen LogP contribution in [0.5, 0.6) is 0 Å². The van der Waals surface area contributed by atoms with Crippen molar-refractivity contribution in [1.29, 1.82) is 0 Å². The second-order valence-corrected chi connectivity index (χ2v) is 5.67. The fourth-order valence-electron chi connectivity index (χ4n) is 2.14. The predicted molar refractivity (Wildman–Crippen MR) is 60.7 cm³/mol. The molecule has 5 heteroatoms. The Kier molecular flexibility index (Phi) is 2.89. The van der Waals surface area contributed by atoms with Gasteiger partial charge in [0.15, 0.2) is 5.78 Å². The molecule has 2 fully saturated rings. The summed E-state index contributed by atoms with van der Waals surface area (Å²) in [6.07, 6.45) is 0.870. The largest absolute Gasteiger partial charge is 0.444 e. The minimum absolute atomic E-state index is 0.168. The summed E-state index contributed by atoms with van der Waals surface area (Å²) in [5.41, 5.74) is -1.06. The van der Waals surface area contributed by atoms with E-state index >= 15 is 0 Å². The van der Waals surface area contributed by atoms with Gasteiger partial charge in [0, 0.05) is 25.9 Å². The zero-order chi connectivity index (χ0) is 12.7. The fraction of sp³-hybridized carbons (Fsp3) is 0.833. The van der Waals surface area contributed by atoms with E-state index in [9.17, 15) is 9.59 Å². The zero-order valence-corrected chi connectivity index (χ0v) is 10.6. The lowest BCUT2D eigenvalue weighted by Crippen LogP contribution is -2.60. The van der Waals surface area contributed by atoms with Gasteiger partial charge in [-0.05, 0) is 20.8 Å². The summed E-state index contributed by atoms with van der Waals surface area (Å²) in [5.74, 6) is 0.168. The number of rotatable bonds is 0. The number of nitrogens with zero attached hydrogens (tertiary/aromatic N) is 1. The van der Waals surface area contributed by atoms with Crippen molar-refractivity contribution in [2.75, 3.05) is 19.7 Å². The van der Waals surface area contributed by atoms with Crippen LogP contribution < -0.4 is 0 Å². The molecule has 1 amide bonds. The van der Waals surface area contributed by atoms with E-state index in [1.807, 2.05) is 20.8 Å². The van der Waals surface area contributed by atoms with Crippen molar-refractivity contribution in [3.63, 3.8) is 0 Å². The Hall–Kier alpha value is -1.10. The number of piperidine rings is 1. The third-order valence-electron chi connectivity index (χ3n) is 3.21. The number of likely N-dealkylation sites (tertiary alicyclic amines) is 1. The molecular formula is C12H19NO4. The third kappa shape index (κ3) is 2.44. The fourth-order valence-corrected chi connectivity index (χ4v) is 2.14. The van der Waals surface area contributed by atoms with Crippen molar-refractivity contribution in [2.24, 2.45) is 0 Å². The Morgan fingerprint density at radius 3 is 2.29 bits per heavy atom. The number of Topliss-reactive ketones (excluding diaryl/α,β-unsaturated/α-hetero) is 1. The van der Waals surface area contributed by atoms with E-state index in [-0.39, 0.29) is 18.5 Å². The molecule has 2 heterocycles. The molecule has 0 bridgehead atoms. The monoisotopic (exact) mass is 241 g/mol. The van der Waals surface area contributed by atoms with Gasteiger partial charge >= 0.3 is 6.09 Å².